The van der Waals surface area contributed by atoms with Crippen LogP contribution in [-0.4, -0.2) is 39.8 Å². The lowest BCUT2D eigenvalue weighted by atomic mass is 9.97. The molecule has 148 valence electrons. The molecule has 0 radical (unpaired) electrons. The van der Waals surface area contributed by atoms with Crippen molar-refractivity contribution < 1.29 is 4.79 Å². The first-order chi connectivity index (χ1) is 13.6. The van der Waals surface area contributed by atoms with Crippen LogP contribution in [0, 0.1) is 5.92 Å². The maximum Gasteiger partial charge on any atom is 0.244 e. The molecule has 1 saturated heterocycles. The molecule has 0 aliphatic carbocycles. The highest BCUT2D eigenvalue weighted by atomic mass is 35.5. The molecule has 0 saturated carbocycles. The molecule has 0 spiro atoms. The molecule has 1 N–H and O–H groups in total. The van der Waals surface area contributed by atoms with Crippen LogP contribution in [0.15, 0.2) is 35.2 Å². The second-order valence-corrected chi connectivity index (χ2v) is 9.38. The summed E-state index contributed by atoms with van der Waals surface area (Å²) in [5.41, 5.74) is 0.730. The number of nitrogens with zero attached hydrogens (tertiary/aromatic N) is 3. The molecular formula is C20H23ClN4OS2. The number of imidazole rings is 1. The first-order valence-corrected chi connectivity index (χ1v) is 11.6. The third-order valence-electron chi connectivity index (χ3n) is 5.25. The zero-order valence-corrected chi connectivity index (χ0v) is 18.1. The van der Waals surface area contributed by atoms with Crippen molar-refractivity contribution in [2.45, 2.75) is 25.8 Å². The fraction of sp³-hybridized carbons (Fsp3) is 0.400. The Labute approximate surface area is 177 Å². The normalized spacial score (nSPS) is 17.5. The van der Waals surface area contributed by atoms with Crippen LogP contribution < -0.4 is 5.32 Å². The van der Waals surface area contributed by atoms with Gasteiger partial charge in [0, 0.05) is 29.1 Å². The van der Waals surface area contributed by atoms with Gasteiger partial charge in [0.2, 0.25) is 5.91 Å². The predicted molar refractivity (Wildman–Crippen MR) is 117 cm³/mol. The number of thiazole rings is 1. The summed E-state index contributed by atoms with van der Waals surface area (Å²) in [5.74, 6) is 0.667. The zero-order valence-electron chi connectivity index (χ0n) is 15.7. The van der Waals surface area contributed by atoms with Crippen molar-refractivity contribution in [1.29, 1.82) is 0 Å². The molecule has 0 aromatic carbocycles. The van der Waals surface area contributed by atoms with Gasteiger partial charge in [-0.2, -0.15) is 0 Å². The Kier molecular flexibility index (Phi) is 6.16. The van der Waals surface area contributed by atoms with E-state index >= 15 is 0 Å². The lowest BCUT2D eigenvalue weighted by molar-refractivity contribution is -0.116. The summed E-state index contributed by atoms with van der Waals surface area (Å²) in [5, 5.41) is 7.53. The minimum atomic E-state index is -0.117. The van der Waals surface area contributed by atoms with E-state index in [1.54, 1.807) is 17.4 Å². The van der Waals surface area contributed by atoms with Crippen molar-refractivity contribution >= 4 is 51.2 Å². The van der Waals surface area contributed by atoms with Gasteiger partial charge in [-0.1, -0.05) is 24.6 Å². The van der Waals surface area contributed by atoms with Crippen LogP contribution >= 0.6 is 34.3 Å². The standard InChI is InChI=1S/C20H23ClN4OS2/c1-14-6-8-24(9-7-14)16(17-3-2-11-27-17)13-22-18(26)5-4-15-19(21)23-20-25(15)10-12-28-20/h2-5,10-12,14,16H,6-9,13H2,1H3,(H,22,26)/b5-4+. The Morgan fingerprint density at radius 1 is 1.39 bits per heavy atom. The Bertz CT molecular complexity index is 954. The lowest BCUT2D eigenvalue weighted by Crippen LogP contribution is -2.41. The number of carbonyl (C=O) groups excluding carboxylic acids is 1. The number of likely N-dealkylation sites (tertiary alicyclic amines) is 1. The molecule has 1 fully saturated rings. The number of aromatic nitrogens is 2. The molecule has 1 amide bonds. The minimum Gasteiger partial charge on any atom is -0.351 e. The van der Waals surface area contributed by atoms with Crippen LogP contribution in [0.1, 0.15) is 36.4 Å². The zero-order chi connectivity index (χ0) is 19.5. The summed E-state index contributed by atoms with van der Waals surface area (Å²) >= 11 is 9.46. The minimum absolute atomic E-state index is 0.117. The average Bonchev–Trinajstić information content (AvgIpc) is 3.40. The molecule has 4 heterocycles. The van der Waals surface area contributed by atoms with Gasteiger partial charge in [-0.3, -0.25) is 14.1 Å². The van der Waals surface area contributed by atoms with Gasteiger partial charge in [0.15, 0.2) is 10.1 Å². The first-order valence-electron chi connectivity index (χ1n) is 9.46. The maximum absolute atomic E-state index is 12.4. The van der Waals surface area contributed by atoms with E-state index in [2.05, 4.69) is 39.6 Å². The van der Waals surface area contributed by atoms with Crippen molar-refractivity contribution in [2.24, 2.45) is 5.92 Å². The van der Waals surface area contributed by atoms with Crippen LogP contribution in [0.3, 0.4) is 0 Å². The molecule has 5 nitrogen and oxygen atoms in total. The van der Waals surface area contributed by atoms with Crippen LogP contribution in [-0.2, 0) is 4.79 Å². The number of piperidine rings is 1. The van der Waals surface area contributed by atoms with Gasteiger partial charge in [-0.05, 0) is 49.4 Å². The average molecular weight is 435 g/mol. The monoisotopic (exact) mass is 434 g/mol. The molecule has 0 bridgehead atoms. The number of thiophene rings is 1. The molecule has 28 heavy (non-hydrogen) atoms. The Morgan fingerprint density at radius 2 is 2.21 bits per heavy atom. The largest absolute Gasteiger partial charge is 0.351 e. The lowest BCUT2D eigenvalue weighted by Gasteiger charge is -2.36. The molecule has 1 aliphatic rings. The summed E-state index contributed by atoms with van der Waals surface area (Å²) in [7, 11) is 0. The van der Waals surface area contributed by atoms with E-state index < -0.39 is 0 Å². The van der Waals surface area contributed by atoms with Gasteiger partial charge in [0.1, 0.15) is 0 Å². The van der Waals surface area contributed by atoms with E-state index in [4.69, 9.17) is 11.6 Å². The van der Waals surface area contributed by atoms with Crippen LogP contribution in [0.2, 0.25) is 5.15 Å². The molecule has 8 heteroatoms. The van der Waals surface area contributed by atoms with Gasteiger partial charge in [0.05, 0.1) is 11.7 Å². The summed E-state index contributed by atoms with van der Waals surface area (Å²) in [4.78, 5) is 21.4. The SMILES string of the molecule is CC1CCN(C(CNC(=O)/C=C/c2c(Cl)nc3sccn23)c2cccs2)CC1. The molecule has 1 unspecified atom stereocenters. The quantitative estimate of drug-likeness (QED) is 0.571. The van der Waals surface area contributed by atoms with Crippen LogP contribution in [0.4, 0.5) is 0 Å². The molecule has 1 aliphatic heterocycles. The summed E-state index contributed by atoms with van der Waals surface area (Å²) in [6.07, 6.45) is 7.60. The van der Waals surface area contributed by atoms with Gasteiger partial charge in [-0.25, -0.2) is 4.98 Å². The van der Waals surface area contributed by atoms with Gasteiger partial charge in [-0.15, -0.1) is 22.7 Å². The second kappa shape index (κ2) is 8.78. The van der Waals surface area contributed by atoms with E-state index in [0.29, 0.717) is 11.7 Å². The van der Waals surface area contributed by atoms with Crippen molar-refractivity contribution in [3.05, 3.63) is 50.9 Å². The number of hydrogen-bond acceptors (Lipinski definition) is 5. The first kappa shape index (κ1) is 19.6. The fourth-order valence-corrected chi connectivity index (χ4v) is 5.43. The Balaban J connectivity index is 1.41. The van der Waals surface area contributed by atoms with E-state index in [-0.39, 0.29) is 11.9 Å². The fourth-order valence-electron chi connectivity index (χ4n) is 3.57. The summed E-state index contributed by atoms with van der Waals surface area (Å²) in [6, 6.07) is 4.47. The van der Waals surface area contributed by atoms with Gasteiger partial charge in [0.25, 0.3) is 0 Å². The van der Waals surface area contributed by atoms with Crippen molar-refractivity contribution in [3.63, 3.8) is 0 Å². The van der Waals surface area contributed by atoms with Crippen molar-refractivity contribution in [3.8, 4) is 0 Å². The van der Waals surface area contributed by atoms with E-state index in [1.807, 2.05) is 16.0 Å². The number of halogens is 1. The second-order valence-electron chi connectivity index (χ2n) is 7.17. The molecule has 1 atom stereocenters. The topological polar surface area (TPSA) is 49.6 Å². The van der Waals surface area contributed by atoms with Crippen LogP contribution in [0.25, 0.3) is 11.0 Å². The van der Waals surface area contributed by atoms with E-state index in [1.165, 1.54) is 35.1 Å². The van der Waals surface area contributed by atoms with Gasteiger partial charge >= 0.3 is 0 Å². The maximum atomic E-state index is 12.4. The summed E-state index contributed by atoms with van der Waals surface area (Å²) < 4.78 is 1.89. The van der Waals surface area contributed by atoms with Crippen molar-refractivity contribution in [2.75, 3.05) is 19.6 Å². The number of rotatable bonds is 6. The number of hydrogen-bond donors (Lipinski definition) is 1. The highest BCUT2D eigenvalue weighted by molar-refractivity contribution is 7.15. The van der Waals surface area contributed by atoms with E-state index in [9.17, 15) is 4.79 Å². The Hall–Kier alpha value is -1.67. The number of fused-ring (bicyclic) bond motifs is 1. The molecule has 3 aromatic rings. The predicted octanol–water partition coefficient (Wildman–Crippen LogP) is 4.71. The van der Waals surface area contributed by atoms with Crippen LogP contribution in [0.5, 0.6) is 0 Å². The molecule has 3 aromatic heterocycles. The smallest absolute Gasteiger partial charge is 0.244 e. The third-order valence-corrected chi connectivity index (χ3v) is 7.26. The van der Waals surface area contributed by atoms with E-state index in [0.717, 1.165) is 29.7 Å². The highest BCUT2D eigenvalue weighted by Gasteiger charge is 2.25. The Morgan fingerprint density at radius 3 is 2.96 bits per heavy atom. The number of amides is 1. The van der Waals surface area contributed by atoms with Crippen molar-refractivity contribution in [1.82, 2.24) is 19.6 Å². The molecule has 4 rings (SSSR count). The third kappa shape index (κ3) is 4.33. The number of carbonyl (C=O) groups is 1. The summed E-state index contributed by atoms with van der Waals surface area (Å²) in [6.45, 7) is 5.08. The number of nitrogens with one attached hydrogen (secondary N) is 1. The molecular weight excluding hydrogens is 412 g/mol. The highest BCUT2D eigenvalue weighted by Crippen LogP contribution is 2.29. The van der Waals surface area contributed by atoms with Gasteiger partial charge < -0.3 is 5.32 Å².